The van der Waals surface area contributed by atoms with E-state index in [1.54, 1.807) is 0 Å². The molecule has 3 rings (SSSR count). The van der Waals surface area contributed by atoms with Gasteiger partial charge in [0.25, 0.3) is 0 Å². The summed E-state index contributed by atoms with van der Waals surface area (Å²) in [4.78, 5) is 21.5. The number of hydrogen-bond acceptors (Lipinski definition) is 5. The van der Waals surface area contributed by atoms with Crippen LogP contribution >= 0.6 is 0 Å². The second kappa shape index (κ2) is 6.71. The maximum atomic E-state index is 13.2. The fourth-order valence-corrected chi connectivity index (χ4v) is 2.28. The van der Waals surface area contributed by atoms with Crippen molar-refractivity contribution in [3.63, 3.8) is 0 Å². The number of amides is 2. The third-order valence-corrected chi connectivity index (χ3v) is 3.41. The van der Waals surface area contributed by atoms with Crippen LogP contribution in [-0.4, -0.2) is 29.7 Å². The van der Waals surface area contributed by atoms with Crippen molar-refractivity contribution in [2.24, 2.45) is 0 Å². The van der Waals surface area contributed by atoms with Crippen LogP contribution in [0.1, 0.15) is 6.42 Å². The number of halogens is 2. The predicted octanol–water partition coefficient (Wildman–Crippen LogP) is 2.99. The molecule has 1 aliphatic heterocycles. The smallest absolute Gasteiger partial charge is 0.326 e. The first kappa shape index (κ1) is 16.6. The molecule has 2 heterocycles. The van der Waals surface area contributed by atoms with Crippen molar-refractivity contribution in [2.45, 2.75) is 6.42 Å². The predicted molar refractivity (Wildman–Crippen MR) is 84.7 cm³/mol. The molecule has 0 aliphatic carbocycles. The zero-order chi connectivity index (χ0) is 18.0. The third-order valence-electron chi connectivity index (χ3n) is 3.41. The summed E-state index contributed by atoms with van der Waals surface area (Å²) in [6.45, 7) is 4.10. The molecule has 0 bridgehead atoms. The van der Waals surface area contributed by atoms with E-state index in [0.29, 0.717) is 24.4 Å². The highest BCUT2D eigenvalue weighted by molar-refractivity contribution is 5.95. The average molecular weight is 348 g/mol. The summed E-state index contributed by atoms with van der Waals surface area (Å²) < 4.78 is 36.9. The van der Waals surface area contributed by atoms with Gasteiger partial charge in [-0.2, -0.15) is 4.98 Å². The summed E-state index contributed by atoms with van der Waals surface area (Å²) in [6.07, 6.45) is 1.90. The van der Waals surface area contributed by atoms with Gasteiger partial charge in [-0.05, 0) is 0 Å². The van der Waals surface area contributed by atoms with Crippen molar-refractivity contribution in [1.29, 1.82) is 0 Å². The highest BCUT2D eigenvalue weighted by atomic mass is 19.1. The number of carbonyl (C=O) groups is 1. The summed E-state index contributed by atoms with van der Waals surface area (Å²) in [5.74, 6) is -1.59. The number of carbonyl (C=O) groups excluding carboxylic acids is 1. The molecule has 1 N–H and O–H groups in total. The molecule has 9 heteroatoms. The molecular formula is C16H14F2N4O3. The molecule has 1 aliphatic rings. The number of benzene rings is 1. The summed E-state index contributed by atoms with van der Waals surface area (Å²) in [6, 6.07) is 2.17. The van der Waals surface area contributed by atoms with Crippen LogP contribution in [0.25, 0.3) is 0 Å². The molecule has 7 nitrogen and oxygen atoms in total. The Hall–Kier alpha value is -3.23. The van der Waals surface area contributed by atoms with Crippen LogP contribution in [0.4, 0.5) is 19.3 Å². The highest BCUT2D eigenvalue weighted by Gasteiger charge is 2.25. The van der Waals surface area contributed by atoms with Gasteiger partial charge in [-0.25, -0.2) is 18.6 Å². The molecule has 0 radical (unpaired) electrons. The molecule has 0 saturated carbocycles. The van der Waals surface area contributed by atoms with E-state index in [2.05, 4.69) is 21.9 Å². The molecular weight excluding hydrogens is 334 g/mol. The normalized spacial score (nSPS) is 14.3. The van der Waals surface area contributed by atoms with Crippen LogP contribution in [0.2, 0.25) is 0 Å². The first-order valence-electron chi connectivity index (χ1n) is 7.27. The van der Waals surface area contributed by atoms with Gasteiger partial charge < -0.3 is 14.8 Å². The van der Waals surface area contributed by atoms with Crippen LogP contribution in [0, 0.1) is 11.6 Å². The molecule has 1 aromatic heterocycles. The molecule has 1 fully saturated rings. The van der Waals surface area contributed by atoms with E-state index in [1.807, 2.05) is 0 Å². The molecule has 2 amide bonds. The number of rotatable bonds is 4. The number of nitrogens with one attached hydrogen (secondary N) is 1. The summed E-state index contributed by atoms with van der Waals surface area (Å²) in [5.41, 5.74) is 0.958. The number of nitrogens with zero attached hydrogens (tertiary/aromatic N) is 3. The van der Waals surface area contributed by atoms with Crippen LogP contribution in [-0.2, 0) is 0 Å². The number of urea groups is 1. The molecule has 1 aromatic carbocycles. The van der Waals surface area contributed by atoms with Crippen LogP contribution < -0.4 is 19.7 Å². The molecule has 0 atom stereocenters. The van der Waals surface area contributed by atoms with Crippen molar-refractivity contribution in [3.05, 3.63) is 48.3 Å². The Morgan fingerprint density at radius 3 is 2.64 bits per heavy atom. The zero-order valence-electron chi connectivity index (χ0n) is 13.3. The Balaban J connectivity index is 1.86. The first-order valence-corrected chi connectivity index (χ1v) is 7.27. The van der Waals surface area contributed by atoms with Crippen molar-refractivity contribution in [1.82, 2.24) is 15.3 Å². The lowest BCUT2D eigenvalue weighted by Gasteiger charge is -2.28. The maximum absolute atomic E-state index is 13.2. The Morgan fingerprint density at radius 2 is 2.00 bits per heavy atom. The fraction of sp³-hybridized carbons (Fsp3) is 0.188. The molecule has 0 spiro atoms. The minimum Gasteiger partial charge on any atom is -0.479 e. The topological polar surface area (TPSA) is 76.6 Å². The lowest BCUT2D eigenvalue weighted by molar-refractivity contribution is 0.245. The zero-order valence-corrected chi connectivity index (χ0v) is 13.3. The van der Waals surface area contributed by atoms with Gasteiger partial charge >= 0.3 is 12.0 Å². The van der Waals surface area contributed by atoms with Gasteiger partial charge in [0, 0.05) is 36.9 Å². The third kappa shape index (κ3) is 3.65. The second-order valence-corrected chi connectivity index (χ2v) is 5.19. The Labute approximate surface area is 141 Å². The van der Waals surface area contributed by atoms with Crippen molar-refractivity contribution >= 4 is 11.7 Å². The van der Waals surface area contributed by atoms with E-state index in [1.165, 1.54) is 18.2 Å². The lowest BCUT2D eigenvalue weighted by atomic mass is 10.2. The molecule has 2 aromatic rings. The average Bonchev–Trinajstić information content (AvgIpc) is 2.54. The van der Waals surface area contributed by atoms with Crippen molar-refractivity contribution in [3.8, 4) is 17.6 Å². The van der Waals surface area contributed by atoms with Crippen LogP contribution in [0.15, 0.2) is 36.7 Å². The highest BCUT2D eigenvalue weighted by Crippen LogP contribution is 2.30. The Kier molecular flexibility index (Phi) is 4.46. The quantitative estimate of drug-likeness (QED) is 0.919. The van der Waals surface area contributed by atoms with Gasteiger partial charge in [-0.1, -0.05) is 6.58 Å². The second-order valence-electron chi connectivity index (χ2n) is 5.19. The summed E-state index contributed by atoms with van der Waals surface area (Å²) >= 11 is 0. The van der Waals surface area contributed by atoms with E-state index in [9.17, 15) is 13.6 Å². The van der Waals surface area contributed by atoms with Gasteiger partial charge in [0.1, 0.15) is 23.1 Å². The SMILES string of the molecule is C=C1CCN(c2cnc(Oc3cc(F)cc(F)c3)nc2OC)C(=O)N1. The van der Waals surface area contributed by atoms with E-state index in [4.69, 9.17) is 9.47 Å². The van der Waals surface area contributed by atoms with Crippen molar-refractivity contribution in [2.75, 3.05) is 18.6 Å². The molecule has 1 saturated heterocycles. The number of methoxy groups -OCH3 is 1. The number of aromatic nitrogens is 2. The summed E-state index contributed by atoms with van der Waals surface area (Å²) in [7, 11) is 1.37. The number of ether oxygens (including phenoxy) is 2. The fourth-order valence-electron chi connectivity index (χ4n) is 2.28. The van der Waals surface area contributed by atoms with Gasteiger partial charge in [-0.3, -0.25) is 4.90 Å². The van der Waals surface area contributed by atoms with Gasteiger partial charge in [0.05, 0.1) is 13.3 Å². The minimum absolute atomic E-state index is 0.0875. The molecule has 130 valence electrons. The maximum Gasteiger partial charge on any atom is 0.326 e. The lowest BCUT2D eigenvalue weighted by Crippen LogP contribution is -2.45. The van der Waals surface area contributed by atoms with Gasteiger partial charge in [-0.15, -0.1) is 0 Å². The van der Waals surface area contributed by atoms with E-state index in [-0.39, 0.29) is 23.7 Å². The largest absolute Gasteiger partial charge is 0.479 e. The van der Waals surface area contributed by atoms with Crippen LogP contribution in [0.3, 0.4) is 0 Å². The van der Waals surface area contributed by atoms with Crippen LogP contribution in [0.5, 0.6) is 17.6 Å². The monoisotopic (exact) mass is 348 g/mol. The van der Waals surface area contributed by atoms with E-state index >= 15 is 0 Å². The van der Waals surface area contributed by atoms with E-state index in [0.717, 1.165) is 18.2 Å². The summed E-state index contributed by atoms with van der Waals surface area (Å²) in [5, 5.41) is 2.61. The standard InChI is InChI=1S/C16H14F2N4O3/c1-9-3-4-22(16(23)20-9)13-8-19-15(21-14(13)24-2)25-12-6-10(17)5-11(18)7-12/h5-8H,1,3-4H2,2H3,(H,20,23). The van der Waals surface area contributed by atoms with Gasteiger partial charge in [0.15, 0.2) is 0 Å². The Morgan fingerprint density at radius 1 is 1.28 bits per heavy atom. The van der Waals surface area contributed by atoms with Crippen molar-refractivity contribution < 1.29 is 23.0 Å². The molecule has 25 heavy (non-hydrogen) atoms. The van der Waals surface area contributed by atoms with E-state index < -0.39 is 11.6 Å². The number of hydrogen-bond donors (Lipinski definition) is 1. The molecule has 0 unspecified atom stereocenters. The first-order chi connectivity index (χ1) is 12.0. The minimum atomic E-state index is -0.788. The van der Waals surface area contributed by atoms with Gasteiger partial charge in [0.2, 0.25) is 5.88 Å². The number of anilines is 1. The Bertz CT molecular complexity index is 824.